The number of aliphatic hydroxyl groups excluding tert-OH is 1. The maximum Gasteiger partial charge on any atom is 0.220 e. The minimum atomic E-state index is -0.607. The highest BCUT2D eigenvalue weighted by molar-refractivity contribution is 5.75. The average molecular weight is 217 g/mol. The maximum absolute atomic E-state index is 11.1. The number of aliphatic hydroxyl groups is 1. The molecule has 0 heterocycles. The number of amides is 1. The van der Waals surface area contributed by atoms with Crippen molar-refractivity contribution in [2.75, 3.05) is 19.8 Å². The first-order valence-electron chi connectivity index (χ1n) is 5.58. The molecule has 1 amide bonds. The molecule has 0 rings (SSSR count). The molecule has 0 aromatic carbocycles. The normalized spacial score (nSPS) is 12.9. The molecule has 0 fully saturated rings. The van der Waals surface area contributed by atoms with Crippen LogP contribution in [0.25, 0.3) is 0 Å². The van der Waals surface area contributed by atoms with Gasteiger partial charge in [0.15, 0.2) is 0 Å². The number of carbonyl (C=O) groups excluding carboxylic acids is 1. The summed E-state index contributed by atoms with van der Waals surface area (Å²) in [6.45, 7) is 7.24. The van der Waals surface area contributed by atoms with Gasteiger partial charge in [-0.05, 0) is 12.3 Å². The van der Waals surface area contributed by atoms with Gasteiger partial charge in [-0.1, -0.05) is 20.8 Å². The Labute approximate surface area is 92.0 Å². The van der Waals surface area contributed by atoms with Gasteiger partial charge in [-0.25, -0.2) is 0 Å². The number of rotatable bonds is 8. The van der Waals surface area contributed by atoms with Gasteiger partial charge in [0.1, 0.15) is 0 Å². The molecule has 4 nitrogen and oxygen atoms in total. The van der Waals surface area contributed by atoms with E-state index in [1.165, 1.54) is 0 Å². The lowest BCUT2D eigenvalue weighted by molar-refractivity contribution is -0.121. The summed E-state index contributed by atoms with van der Waals surface area (Å²) in [6.07, 6.45) is 0.732. The van der Waals surface area contributed by atoms with E-state index in [4.69, 9.17) is 4.74 Å². The molecule has 0 aliphatic heterocycles. The van der Waals surface area contributed by atoms with Crippen molar-refractivity contribution in [1.29, 1.82) is 0 Å². The molecule has 1 atom stereocenters. The van der Waals surface area contributed by atoms with E-state index in [9.17, 15) is 9.90 Å². The number of hydrogen-bond acceptors (Lipinski definition) is 3. The summed E-state index contributed by atoms with van der Waals surface area (Å²) in [5.74, 6) is 0.451. The zero-order valence-corrected chi connectivity index (χ0v) is 9.95. The monoisotopic (exact) mass is 217 g/mol. The summed E-state index contributed by atoms with van der Waals surface area (Å²) in [5.41, 5.74) is 0. The van der Waals surface area contributed by atoms with Gasteiger partial charge in [-0.15, -0.1) is 0 Å². The smallest absolute Gasteiger partial charge is 0.220 e. The Hall–Kier alpha value is -0.610. The zero-order chi connectivity index (χ0) is 11.7. The summed E-state index contributed by atoms with van der Waals surface area (Å²) in [7, 11) is 0. The second-order valence-electron chi connectivity index (χ2n) is 4.14. The Kier molecular flexibility index (Phi) is 8.33. The SMILES string of the molecule is CCCC(=O)NCC(O)COCC(C)C. The minimum Gasteiger partial charge on any atom is -0.389 e. The lowest BCUT2D eigenvalue weighted by Crippen LogP contribution is -2.34. The van der Waals surface area contributed by atoms with E-state index in [1.807, 2.05) is 6.92 Å². The molecule has 0 bridgehead atoms. The number of carbonyl (C=O) groups is 1. The van der Waals surface area contributed by atoms with Crippen LogP contribution in [0.1, 0.15) is 33.6 Å². The minimum absolute atomic E-state index is 0.0135. The molecule has 0 aliphatic rings. The second kappa shape index (κ2) is 8.68. The van der Waals surface area contributed by atoms with Crippen LogP contribution in [-0.2, 0) is 9.53 Å². The zero-order valence-electron chi connectivity index (χ0n) is 9.95. The molecule has 1 unspecified atom stereocenters. The van der Waals surface area contributed by atoms with Crippen molar-refractivity contribution in [3.05, 3.63) is 0 Å². The third-order valence-corrected chi connectivity index (χ3v) is 1.77. The molecule has 0 saturated heterocycles. The van der Waals surface area contributed by atoms with E-state index >= 15 is 0 Å². The fourth-order valence-corrected chi connectivity index (χ4v) is 1.05. The Morgan fingerprint density at radius 3 is 2.60 bits per heavy atom. The quantitative estimate of drug-likeness (QED) is 0.636. The highest BCUT2D eigenvalue weighted by Crippen LogP contribution is 1.94. The lowest BCUT2D eigenvalue weighted by Gasteiger charge is -2.13. The molecule has 15 heavy (non-hydrogen) atoms. The highest BCUT2D eigenvalue weighted by atomic mass is 16.5. The van der Waals surface area contributed by atoms with Gasteiger partial charge in [0.25, 0.3) is 0 Å². The van der Waals surface area contributed by atoms with E-state index in [0.717, 1.165) is 6.42 Å². The van der Waals surface area contributed by atoms with E-state index in [1.54, 1.807) is 0 Å². The van der Waals surface area contributed by atoms with Gasteiger partial charge in [-0.3, -0.25) is 4.79 Å². The Morgan fingerprint density at radius 2 is 2.07 bits per heavy atom. The van der Waals surface area contributed by atoms with E-state index in [0.29, 0.717) is 18.9 Å². The van der Waals surface area contributed by atoms with Crippen LogP contribution in [0.2, 0.25) is 0 Å². The first kappa shape index (κ1) is 14.4. The van der Waals surface area contributed by atoms with Gasteiger partial charge >= 0.3 is 0 Å². The molecule has 0 radical (unpaired) electrons. The first-order valence-corrected chi connectivity index (χ1v) is 5.58. The third-order valence-electron chi connectivity index (χ3n) is 1.77. The van der Waals surface area contributed by atoms with Crippen LogP contribution in [0.5, 0.6) is 0 Å². The molecule has 90 valence electrons. The fraction of sp³-hybridized carbons (Fsp3) is 0.909. The van der Waals surface area contributed by atoms with E-state index in [-0.39, 0.29) is 19.1 Å². The van der Waals surface area contributed by atoms with Crippen molar-refractivity contribution >= 4 is 5.91 Å². The van der Waals surface area contributed by atoms with Crippen LogP contribution in [0.3, 0.4) is 0 Å². The lowest BCUT2D eigenvalue weighted by atomic mass is 10.2. The van der Waals surface area contributed by atoms with Gasteiger partial charge in [0.05, 0.1) is 12.7 Å². The summed E-state index contributed by atoms with van der Waals surface area (Å²) in [6, 6.07) is 0. The molecule has 2 N–H and O–H groups in total. The van der Waals surface area contributed by atoms with Gasteiger partial charge < -0.3 is 15.2 Å². The first-order chi connectivity index (χ1) is 7.06. The molecule has 0 saturated carbocycles. The van der Waals surface area contributed by atoms with Crippen LogP contribution in [0.15, 0.2) is 0 Å². The summed E-state index contributed by atoms with van der Waals surface area (Å²) in [5, 5.41) is 12.1. The standard InChI is InChI=1S/C11H23NO3/c1-4-5-11(14)12-6-10(13)8-15-7-9(2)3/h9-10,13H,4-8H2,1-3H3,(H,12,14). The second-order valence-corrected chi connectivity index (χ2v) is 4.14. The molecule has 0 aromatic heterocycles. The van der Waals surface area contributed by atoms with Crippen LogP contribution in [-0.4, -0.2) is 36.9 Å². The van der Waals surface area contributed by atoms with Crippen molar-refractivity contribution in [2.45, 2.75) is 39.7 Å². The molecule has 4 heteroatoms. The molecule has 0 spiro atoms. The Balaban J connectivity index is 3.40. The molecular formula is C11H23NO3. The molecular weight excluding hydrogens is 194 g/mol. The topological polar surface area (TPSA) is 58.6 Å². The predicted molar refractivity (Wildman–Crippen MR) is 59.6 cm³/mol. The highest BCUT2D eigenvalue weighted by Gasteiger charge is 2.06. The maximum atomic E-state index is 11.1. The number of hydrogen-bond donors (Lipinski definition) is 2. The Morgan fingerprint density at radius 1 is 1.40 bits per heavy atom. The largest absolute Gasteiger partial charge is 0.389 e. The van der Waals surface area contributed by atoms with Crippen molar-refractivity contribution < 1.29 is 14.6 Å². The number of ether oxygens (including phenoxy) is 1. The average Bonchev–Trinajstić information content (AvgIpc) is 2.14. The van der Waals surface area contributed by atoms with Crippen LogP contribution >= 0.6 is 0 Å². The predicted octanol–water partition coefficient (Wildman–Crippen LogP) is 0.936. The van der Waals surface area contributed by atoms with Crippen LogP contribution < -0.4 is 5.32 Å². The third kappa shape index (κ3) is 9.69. The molecule has 0 aromatic rings. The molecule has 0 aliphatic carbocycles. The van der Waals surface area contributed by atoms with Crippen molar-refractivity contribution in [3.8, 4) is 0 Å². The van der Waals surface area contributed by atoms with E-state index < -0.39 is 6.10 Å². The fourth-order valence-electron chi connectivity index (χ4n) is 1.05. The van der Waals surface area contributed by atoms with Crippen LogP contribution in [0.4, 0.5) is 0 Å². The van der Waals surface area contributed by atoms with Gasteiger partial charge in [0, 0.05) is 19.6 Å². The van der Waals surface area contributed by atoms with E-state index in [2.05, 4.69) is 19.2 Å². The van der Waals surface area contributed by atoms with Gasteiger partial charge in [-0.2, -0.15) is 0 Å². The van der Waals surface area contributed by atoms with Crippen molar-refractivity contribution in [3.63, 3.8) is 0 Å². The van der Waals surface area contributed by atoms with Gasteiger partial charge in [0.2, 0.25) is 5.91 Å². The summed E-state index contributed by atoms with van der Waals surface area (Å²) in [4.78, 5) is 11.1. The Bertz CT molecular complexity index is 171. The number of nitrogens with one attached hydrogen (secondary N) is 1. The van der Waals surface area contributed by atoms with Crippen LogP contribution in [0, 0.1) is 5.92 Å². The summed E-state index contributed by atoms with van der Waals surface area (Å²) < 4.78 is 5.25. The van der Waals surface area contributed by atoms with Crippen molar-refractivity contribution in [2.24, 2.45) is 5.92 Å². The summed E-state index contributed by atoms with van der Waals surface area (Å²) >= 11 is 0. The van der Waals surface area contributed by atoms with Crippen molar-refractivity contribution in [1.82, 2.24) is 5.32 Å².